The molecule has 1 heterocycles. The van der Waals surface area contributed by atoms with E-state index in [0.717, 1.165) is 0 Å². The summed E-state index contributed by atoms with van der Waals surface area (Å²) in [6.45, 7) is 2.43. The maximum atomic E-state index is 3.55. The van der Waals surface area contributed by atoms with E-state index in [1.165, 1.54) is 34.3 Å². The van der Waals surface area contributed by atoms with E-state index in [9.17, 15) is 0 Å². The van der Waals surface area contributed by atoms with Crippen molar-refractivity contribution < 1.29 is 0 Å². The lowest BCUT2D eigenvalue weighted by Gasteiger charge is -2.33. The Bertz CT molecular complexity index is 328. The van der Waals surface area contributed by atoms with Crippen molar-refractivity contribution >= 4 is 27.3 Å². The molecule has 1 unspecified atom stereocenters. The van der Waals surface area contributed by atoms with Gasteiger partial charge in [0.25, 0.3) is 0 Å². The smallest absolute Gasteiger partial charge is 0.0701 e. The van der Waals surface area contributed by atoms with Gasteiger partial charge in [0.2, 0.25) is 0 Å². The van der Waals surface area contributed by atoms with Crippen LogP contribution in [-0.2, 0) is 0 Å². The van der Waals surface area contributed by atoms with Crippen molar-refractivity contribution in [1.29, 1.82) is 0 Å². The van der Waals surface area contributed by atoms with Crippen molar-refractivity contribution in [3.63, 3.8) is 0 Å². The van der Waals surface area contributed by atoms with E-state index in [0.29, 0.717) is 11.5 Å². The largest absolute Gasteiger partial charge is 0.312 e. The predicted octanol–water partition coefficient (Wildman–Crippen LogP) is 4.35. The van der Waals surface area contributed by atoms with Crippen molar-refractivity contribution in [2.75, 3.05) is 7.05 Å². The third-order valence-corrected chi connectivity index (χ3v) is 5.30. The summed E-state index contributed by atoms with van der Waals surface area (Å²) in [4.78, 5) is 1.47. The molecule has 1 aliphatic carbocycles. The molecule has 0 radical (unpaired) electrons. The Morgan fingerprint density at radius 3 is 2.53 bits per heavy atom. The van der Waals surface area contributed by atoms with Gasteiger partial charge >= 0.3 is 0 Å². The van der Waals surface area contributed by atoms with Crippen LogP contribution in [0.1, 0.15) is 43.5 Å². The molecule has 0 aromatic carbocycles. The molecule has 1 aliphatic rings. The minimum atomic E-state index is 0.457. The Morgan fingerprint density at radius 2 is 2.07 bits per heavy atom. The lowest BCUT2D eigenvalue weighted by molar-refractivity contribution is 0.237. The molecule has 1 fully saturated rings. The van der Waals surface area contributed by atoms with Gasteiger partial charge in [-0.15, -0.1) is 11.3 Å². The van der Waals surface area contributed by atoms with Crippen LogP contribution in [0, 0.1) is 5.41 Å². The number of nitrogens with one attached hydrogen (secondary N) is 1. The second-order valence-corrected chi connectivity index (χ2v) is 7.22. The van der Waals surface area contributed by atoms with Crippen LogP contribution in [0.15, 0.2) is 15.9 Å². The molecule has 3 heteroatoms. The average molecular weight is 288 g/mol. The first-order chi connectivity index (χ1) is 7.15. The zero-order valence-corrected chi connectivity index (χ0v) is 11.7. The van der Waals surface area contributed by atoms with Crippen LogP contribution in [0.2, 0.25) is 0 Å². The molecule has 1 nitrogen and oxygen atoms in total. The summed E-state index contributed by atoms with van der Waals surface area (Å²) in [5.41, 5.74) is 0.457. The second kappa shape index (κ2) is 4.56. The molecule has 0 aliphatic heterocycles. The van der Waals surface area contributed by atoms with Crippen LogP contribution in [0.4, 0.5) is 0 Å². The van der Waals surface area contributed by atoms with Gasteiger partial charge in [-0.2, -0.15) is 0 Å². The third kappa shape index (κ3) is 2.29. The Labute approximate surface area is 104 Å². The molecular formula is C12H18BrNS. The van der Waals surface area contributed by atoms with Crippen LogP contribution in [0.25, 0.3) is 0 Å². The highest BCUT2D eigenvalue weighted by Gasteiger charge is 2.37. The van der Waals surface area contributed by atoms with E-state index >= 15 is 0 Å². The summed E-state index contributed by atoms with van der Waals surface area (Å²) >= 11 is 5.41. The number of halogens is 1. The highest BCUT2D eigenvalue weighted by atomic mass is 79.9. The zero-order valence-electron chi connectivity index (χ0n) is 9.35. The first kappa shape index (κ1) is 11.6. The van der Waals surface area contributed by atoms with Crippen molar-refractivity contribution in [2.24, 2.45) is 5.41 Å². The molecule has 1 saturated carbocycles. The van der Waals surface area contributed by atoms with Gasteiger partial charge in [-0.05, 0) is 53.4 Å². The quantitative estimate of drug-likeness (QED) is 0.871. The van der Waals surface area contributed by atoms with Crippen molar-refractivity contribution in [3.05, 3.63) is 20.8 Å². The average Bonchev–Trinajstić information content (AvgIpc) is 2.78. The van der Waals surface area contributed by atoms with Crippen LogP contribution < -0.4 is 5.32 Å². The fraction of sp³-hybridized carbons (Fsp3) is 0.667. The Kier molecular flexibility index (Phi) is 3.53. The normalized spacial score (nSPS) is 21.8. The lowest BCUT2D eigenvalue weighted by Crippen LogP contribution is -2.31. The van der Waals surface area contributed by atoms with Gasteiger partial charge in [0, 0.05) is 10.9 Å². The Morgan fingerprint density at radius 1 is 1.40 bits per heavy atom. The van der Waals surface area contributed by atoms with E-state index in [2.05, 4.69) is 47.4 Å². The standard InChI is InChI=1S/C12H18BrNS/c1-12(7-3-4-8-12)11(14-2)9-5-6-10(13)15-9/h5-6,11,14H,3-4,7-8H2,1-2H3. The fourth-order valence-corrected chi connectivity index (χ4v) is 4.50. The highest BCUT2D eigenvalue weighted by molar-refractivity contribution is 9.11. The zero-order chi connectivity index (χ0) is 10.9. The van der Waals surface area contributed by atoms with Crippen molar-refractivity contribution in [3.8, 4) is 0 Å². The number of thiophene rings is 1. The molecule has 1 aromatic heterocycles. The lowest BCUT2D eigenvalue weighted by atomic mass is 9.80. The van der Waals surface area contributed by atoms with E-state index < -0.39 is 0 Å². The summed E-state index contributed by atoms with van der Waals surface area (Å²) in [5.74, 6) is 0. The summed E-state index contributed by atoms with van der Waals surface area (Å²) < 4.78 is 1.24. The van der Waals surface area contributed by atoms with Gasteiger partial charge in [0.05, 0.1) is 3.79 Å². The van der Waals surface area contributed by atoms with Gasteiger partial charge in [-0.25, -0.2) is 0 Å². The van der Waals surface area contributed by atoms with Gasteiger partial charge < -0.3 is 5.32 Å². The van der Waals surface area contributed by atoms with Gasteiger partial charge in [-0.3, -0.25) is 0 Å². The van der Waals surface area contributed by atoms with Gasteiger partial charge in [-0.1, -0.05) is 19.8 Å². The Hall–Kier alpha value is 0.140. The maximum absolute atomic E-state index is 3.55. The Balaban J connectivity index is 2.23. The van der Waals surface area contributed by atoms with Gasteiger partial charge in [0.1, 0.15) is 0 Å². The molecule has 1 atom stereocenters. The summed E-state index contributed by atoms with van der Waals surface area (Å²) in [7, 11) is 2.09. The summed E-state index contributed by atoms with van der Waals surface area (Å²) in [6, 6.07) is 4.93. The minimum Gasteiger partial charge on any atom is -0.312 e. The molecule has 0 spiro atoms. The number of rotatable bonds is 3. The molecular weight excluding hydrogens is 270 g/mol. The molecule has 15 heavy (non-hydrogen) atoms. The first-order valence-electron chi connectivity index (χ1n) is 5.58. The maximum Gasteiger partial charge on any atom is 0.0701 e. The molecule has 1 N–H and O–H groups in total. The molecule has 0 amide bonds. The fourth-order valence-electron chi connectivity index (χ4n) is 2.79. The molecule has 84 valence electrons. The van der Waals surface area contributed by atoms with Crippen molar-refractivity contribution in [1.82, 2.24) is 5.32 Å². The van der Waals surface area contributed by atoms with E-state index in [4.69, 9.17) is 0 Å². The molecule has 0 saturated heterocycles. The molecule has 1 aromatic rings. The van der Waals surface area contributed by atoms with Crippen LogP contribution in [0.3, 0.4) is 0 Å². The van der Waals surface area contributed by atoms with Crippen LogP contribution in [0.5, 0.6) is 0 Å². The predicted molar refractivity (Wildman–Crippen MR) is 70.4 cm³/mol. The summed E-state index contributed by atoms with van der Waals surface area (Å²) in [5, 5.41) is 3.50. The third-order valence-electron chi connectivity index (χ3n) is 3.61. The first-order valence-corrected chi connectivity index (χ1v) is 7.19. The summed E-state index contributed by atoms with van der Waals surface area (Å²) in [6.07, 6.45) is 5.49. The second-order valence-electron chi connectivity index (χ2n) is 4.72. The SMILES string of the molecule is CNC(c1ccc(Br)s1)C1(C)CCCC1. The number of hydrogen-bond acceptors (Lipinski definition) is 2. The monoisotopic (exact) mass is 287 g/mol. The highest BCUT2D eigenvalue weighted by Crippen LogP contribution is 2.48. The molecule has 0 bridgehead atoms. The van der Waals surface area contributed by atoms with E-state index in [-0.39, 0.29) is 0 Å². The van der Waals surface area contributed by atoms with Gasteiger partial charge in [0.15, 0.2) is 0 Å². The minimum absolute atomic E-state index is 0.457. The van der Waals surface area contributed by atoms with Crippen LogP contribution in [-0.4, -0.2) is 7.05 Å². The van der Waals surface area contributed by atoms with Crippen LogP contribution >= 0.6 is 27.3 Å². The van der Waals surface area contributed by atoms with Crippen molar-refractivity contribution in [2.45, 2.75) is 38.6 Å². The topological polar surface area (TPSA) is 12.0 Å². The van der Waals surface area contributed by atoms with E-state index in [1.807, 2.05) is 11.3 Å². The van der Waals surface area contributed by atoms with E-state index in [1.54, 1.807) is 0 Å². The number of hydrogen-bond donors (Lipinski definition) is 1. The molecule has 2 rings (SSSR count).